The second kappa shape index (κ2) is 6.59. The molecule has 80 valence electrons. The van der Waals surface area contributed by atoms with Gasteiger partial charge in [0.25, 0.3) is 0 Å². The molecule has 1 aromatic rings. The summed E-state index contributed by atoms with van der Waals surface area (Å²) >= 11 is 0. The van der Waals surface area contributed by atoms with Gasteiger partial charge in [-0.05, 0) is 19.0 Å². The van der Waals surface area contributed by atoms with Crippen molar-refractivity contribution in [3.63, 3.8) is 0 Å². The molecule has 4 nitrogen and oxygen atoms in total. The van der Waals surface area contributed by atoms with Crippen LogP contribution in [-0.2, 0) is 11.3 Å². The van der Waals surface area contributed by atoms with Crippen molar-refractivity contribution in [1.82, 2.24) is 5.32 Å². The molecule has 1 aromatic heterocycles. The lowest BCUT2D eigenvalue weighted by Gasteiger charge is -2.09. The third kappa shape index (κ3) is 4.41. The van der Waals surface area contributed by atoms with E-state index in [1.54, 1.807) is 19.6 Å². The van der Waals surface area contributed by atoms with Crippen LogP contribution in [0.25, 0.3) is 0 Å². The fraction of sp³-hybridized carbons (Fsp3) is 0.600. The van der Waals surface area contributed by atoms with Crippen molar-refractivity contribution in [3.8, 4) is 0 Å². The number of hydrogen-bond donors (Lipinski definition) is 2. The van der Waals surface area contributed by atoms with E-state index < -0.39 is 0 Å². The molecular weight excluding hydrogens is 182 g/mol. The molecule has 2 N–H and O–H groups in total. The minimum atomic E-state index is -0.378. The third-order valence-electron chi connectivity index (χ3n) is 1.92. The molecule has 4 heteroatoms. The fourth-order valence-electron chi connectivity index (χ4n) is 1.17. The summed E-state index contributed by atoms with van der Waals surface area (Å²) in [5.41, 5.74) is 1.12. The molecule has 0 fully saturated rings. The van der Waals surface area contributed by atoms with Gasteiger partial charge in [-0.2, -0.15) is 0 Å². The van der Waals surface area contributed by atoms with Crippen molar-refractivity contribution >= 4 is 0 Å². The first-order chi connectivity index (χ1) is 6.83. The zero-order valence-electron chi connectivity index (χ0n) is 8.40. The summed E-state index contributed by atoms with van der Waals surface area (Å²) in [5.74, 6) is 0. The molecule has 0 aliphatic carbocycles. The topological polar surface area (TPSA) is 54.6 Å². The van der Waals surface area contributed by atoms with Crippen molar-refractivity contribution in [1.29, 1.82) is 0 Å². The Bertz CT molecular complexity index is 223. The molecule has 0 spiro atoms. The van der Waals surface area contributed by atoms with Gasteiger partial charge in [0.05, 0.1) is 25.2 Å². The molecule has 0 saturated heterocycles. The zero-order valence-corrected chi connectivity index (χ0v) is 8.40. The Morgan fingerprint density at radius 1 is 1.64 bits per heavy atom. The molecule has 14 heavy (non-hydrogen) atoms. The van der Waals surface area contributed by atoms with E-state index in [0.717, 1.165) is 18.7 Å². The normalized spacial score (nSPS) is 13.0. The van der Waals surface area contributed by atoms with Crippen LogP contribution < -0.4 is 5.32 Å². The fourth-order valence-corrected chi connectivity index (χ4v) is 1.17. The summed E-state index contributed by atoms with van der Waals surface area (Å²) in [7, 11) is 1.59. The molecule has 1 unspecified atom stereocenters. The number of ether oxygens (including phenoxy) is 1. The minimum Gasteiger partial charge on any atom is -0.472 e. The van der Waals surface area contributed by atoms with E-state index in [4.69, 9.17) is 9.15 Å². The van der Waals surface area contributed by atoms with Crippen molar-refractivity contribution in [2.45, 2.75) is 19.1 Å². The molecule has 0 saturated carbocycles. The van der Waals surface area contributed by atoms with Gasteiger partial charge in [0.15, 0.2) is 0 Å². The summed E-state index contributed by atoms with van der Waals surface area (Å²) in [6, 6.07) is 1.92. The average molecular weight is 199 g/mol. The number of furan rings is 1. The summed E-state index contributed by atoms with van der Waals surface area (Å²) in [6.07, 6.45) is 3.68. The first-order valence-electron chi connectivity index (χ1n) is 4.71. The van der Waals surface area contributed by atoms with Crippen molar-refractivity contribution in [2.75, 3.05) is 20.3 Å². The quantitative estimate of drug-likeness (QED) is 0.637. The Morgan fingerprint density at radius 3 is 3.14 bits per heavy atom. The predicted molar refractivity (Wildman–Crippen MR) is 52.9 cm³/mol. The van der Waals surface area contributed by atoms with Gasteiger partial charge >= 0.3 is 0 Å². The highest BCUT2D eigenvalue weighted by Gasteiger charge is 2.02. The minimum absolute atomic E-state index is 0.378. The number of hydrogen-bond acceptors (Lipinski definition) is 4. The SMILES string of the molecule is COCC(O)CCNCc1ccoc1. The van der Waals surface area contributed by atoms with E-state index >= 15 is 0 Å². The predicted octanol–water partition coefficient (Wildman–Crippen LogP) is 0.767. The van der Waals surface area contributed by atoms with Crippen LogP contribution in [0.5, 0.6) is 0 Å². The van der Waals surface area contributed by atoms with Crippen LogP contribution in [0.1, 0.15) is 12.0 Å². The van der Waals surface area contributed by atoms with Crippen molar-refractivity contribution in [3.05, 3.63) is 24.2 Å². The van der Waals surface area contributed by atoms with E-state index in [9.17, 15) is 5.11 Å². The largest absolute Gasteiger partial charge is 0.472 e. The number of methoxy groups -OCH3 is 1. The molecule has 0 radical (unpaired) electrons. The first kappa shape index (κ1) is 11.2. The van der Waals surface area contributed by atoms with E-state index in [0.29, 0.717) is 13.0 Å². The van der Waals surface area contributed by atoms with Crippen molar-refractivity contribution < 1.29 is 14.3 Å². The standard InChI is InChI=1S/C10H17NO3/c1-13-8-10(12)2-4-11-6-9-3-5-14-7-9/h3,5,7,10-12H,2,4,6,8H2,1H3. The molecule has 1 heterocycles. The monoisotopic (exact) mass is 199 g/mol. The lowest BCUT2D eigenvalue weighted by atomic mass is 10.2. The average Bonchev–Trinajstić information content (AvgIpc) is 2.65. The smallest absolute Gasteiger partial charge is 0.0947 e. The highest BCUT2D eigenvalue weighted by atomic mass is 16.5. The van der Waals surface area contributed by atoms with Crippen molar-refractivity contribution in [2.24, 2.45) is 0 Å². The van der Waals surface area contributed by atoms with E-state index in [2.05, 4.69) is 5.32 Å². The summed E-state index contributed by atoms with van der Waals surface area (Å²) in [4.78, 5) is 0. The van der Waals surface area contributed by atoms with Gasteiger partial charge in [-0.15, -0.1) is 0 Å². The molecule has 0 aromatic carbocycles. The van der Waals surface area contributed by atoms with Crippen LogP contribution >= 0.6 is 0 Å². The second-order valence-corrected chi connectivity index (χ2v) is 3.21. The number of aliphatic hydroxyl groups is 1. The molecular formula is C10H17NO3. The molecule has 1 rings (SSSR count). The van der Waals surface area contributed by atoms with Crippen LogP contribution in [0.4, 0.5) is 0 Å². The molecule has 1 atom stereocenters. The first-order valence-corrected chi connectivity index (χ1v) is 4.71. The highest BCUT2D eigenvalue weighted by molar-refractivity contribution is 5.04. The lowest BCUT2D eigenvalue weighted by molar-refractivity contribution is 0.0594. The Balaban J connectivity index is 1.99. The maximum absolute atomic E-state index is 9.32. The van der Waals surface area contributed by atoms with Gasteiger partial charge in [-0.25, -0.2) is 0 Å². The lowest BCUT2D eigenvalue weighted by Crippen LogP contribution is -2.22. The van der Waals surface area contributed by atoms with Gasteiger partial charge in [-0.1, -0.05) is 0 Å². The van der Waals surface area contributed by atoms with Gasteiger partial charge < -0.3 is 19.6 Å². The van der Waals surface area contributed by atoms with E-state index in [-0.39, 0.29) is 6.10 Å². The van der Waals surface area contributed by atoms with Crippen LogP contribution in [0.3, 0.4) is 0 Å². The van der Waals surface area contributed by atoms with Crippen LogP contribution in [-0.4, -0.2) is 31.5 Å². The van der Waals surface area contributed by atoms with Crippen LogP contribution in [0, 0.1) is 0 Å². The van der Waals surface area contributed by atoms with Crippen LogP contribution in [0.2, 0.25) is 0 Å². The number of nitrogens with one attached hydrogen (secondary N) is 1. The highest BCUT2D eigenvalue weighted by Crippen LogP contribution is 1.98. The summed E-state index contributed by atoms with van der Waals surface area (Å²) in [6.45, 7) is 1.94. The Kier molecular flexibility index (Phi) is 5.29. The molecule has 0 bridgehead atoms. The van der Waals surface area contributed by atoms with E-state index in [1.807, 2.05) is 6.07 Å². The zero-order chi connectivity index (χ0) is 10.2. The second-order valence-electron chi connectivity index (χ2n) is 3.21. The maximum Gasteiger partial charge on any atom is 0.0947 e. The Morgan fingerprint density at radius 2 is 2.50 bits per heavy atom. The van der Waals surface area contributed by atoms with E-state index in [1.165, 1.54) is 0 Å². The van der Waals surface area contributed by atoms with Gasteiger partial charge in [-0.3, -0.25) is 0 Å². The van der Waals surface area contributed by atoms with Gasteiger partial charge in [0, 0.05) is 19.2 Å². The summed E-state index contributed by atoms with van der Waals surface area (Å²) in [5, 5.41) is 12.5. The molecule has 0 aliphatic rings. The Hall–Kier alpha value is -0.840. The molecule has 0 aliphatic heterocycles. The number of rotatable bonds is 7. The Labute approximate surface area is 83.9 Å². The van der Waals surface area contributed by atoms with Gasteiger partial charge in [0.2, 0.25) is 0 Å². The number of aliphatic hydroxyl groups excluding tert-OH is 1. The summed E-state index contributed by atoms with van der Waals surface area (Å²) < 4.78 is 9.74. The van der Waals surface area contributed by atoms with Gasteiger partial charge in [0.1, 0.15) is 0 Å². The molecule has 0 amide bonds. The third-order valence-corrected chi connectivity index (χ3v) is 1.92. The maximum atomic E-state index is 9.32. The van der Waals surface area contributed by atoms with Crippen LogP contribution in [0.15, 0.2) is 23.0 Å².